The number of carbonyl (C=O) groups is 1. The van der Waals surface area contributed by atoms with Gasteiger partial charge in [-0.05, 0) is 56.8 Å². The highest BCUT2D eigenvalue weighted by molar-refractivity contribution is 5.79. The minimum Gasteiger partial charge on any atom is -0.335 e. The Labute approximate surface area is 121 Å². The Hall–Kier alpha value is -1.35. The quantitative estimate of drug-likeness (QED) is 0.897. The van der Waals surface area contributed by atoms with Crippen LogP contribution in [0.2, 0.25) is 0 Å². The zero-order chi connectivity index (χ0) is 13.9. The number of nitrogens with one attached hydrogen (secondary N) is 1. The molecule has 0 aliphatic carbocycles. The predicted molar refractivity (Wildman–Crippen MR) is 80.5 cm³/mol. The molecule has 3 rings (SSSR count). The van der Waals surface area contributed by atoms with Crippen LogP contribution in [-0.4, -0.2) is 30.4 Å². The van der Waals surface area contributed by atoms with Gasteiger partial charge in [0.2, 0.25) is 5.91 Å². The smallest absolute Gasteiger partial charge is 0.226 e. The summed E-state index contributed by atoms with van der Waals surface area (Å²) in [5, 5.41) is 3.34. The number of hydrogen-bond donors (Lipinski definition) is 1. The van der Waals surface area contributed by atoms with Crippen molar-refractivity contribution in [1.29, 1.82) is 0 Å². The van der Waals surface area contributed by atoms with Crippen LogP contribution >= 0.6 is 0 Å². The summed E-state index contributed by atoms with van der Waals surface area (Å²) in [6.07, 6.45) is 4.24. The number of hydrogen-bond acceptors (Lipinski definition) is 2. The number of aryl methyl sites for hydroxylation is 1. The zero-order valence-corrected chi connectivity index (χ0v) is 12.3. The van der Waals surface area contributed by atoms with Crippen molar-refractivity contribution >= 4 is 5.91 Å². The van der Waals surface area contributed by atoms with Gasteiger partial charge in [0.25, 0.3) is 0 Å². The van der Waals surface area contributed by atoms with Gasteiger partial charge in [-0.2, -0.15) is 0 Å². The van der Waals surface area contributed by atoms with E-state index in [1.54, 1.807) is 0 Å². The third-order valence-corrected chi connectivity index (χ3v) is 4.77. The maximum atomic E-state index is 12.8. The molecule has 108 valence electrons. The maximum absolute atomic E-state index is 12.8. The first-order chi connectivity index (χ1) is 9.77. The Balaban J connectivity index is 1.78. The molecule has 1 aromatic carbocycles. The molecule has 2 fully saturated rings. The molecule has 0 saturated carbocycles. The molecule has 0 aromatic heterocycles. The van der Waals surface area contributed by atoms with Crippen LogP contribution in [0.15, 0.2) is 24.3 Å². The average Bonchev–Trinajstić information content (AvgIpc) is 2.97. The van der Waals surface area contributed by atoms with E-state index in [0.717, 1.165) is 45.3 Å². The lowest BCUT2D eigenvalue weighted by Crippen LogP contribution is -2.40. The van der Waals surface area contributed by atoms with Crippen molar-refractivity contribution in [2.24, 2.45) is 5.92 Å². The van der Waals surface area contributed by atoms with Crippen LogP contribution < -0.4 is 5.32 Å². The van der Waals surface area contributed by atoms with Gasteiger partial charge in [0, 0.05) is 12.5 Å². The number of likely N-dealkylation sites (tertiary alicyclic amines) is 1. The molecule has 2 aliphatic heterocycles. The summed E-state index contributed by atoms with van der Waals surface area (Å²) in [6.45, 7) is 5.06. The van der Waals surface area contributed by atoms with Crippen molar-refractivity contribution in [3.05, 3.63) is 35.4 Å². The predicted octanol–water partition coefficient (Wildman–Crippen LogP) is 2.66. The van der Waals surface area contributed by atoms with E-state index in [0.29, 0.717) is 11.9 Å². The van der Waals surface area contributed by atoms with E-state index in [1.165, 1.54) is 11.1 Å². The summed E-state index contributed by atoms with van der Waals surface area (Å²) in [7, 11) is 0. The van der Waals surface area contributed by atoms with Crippen LogP contribution in [0.5, 0.6) is 0 Å². The number of amides is 1. The second-order valence-corrected chi connectivity index (χ2v) is 6.07. The second-order valence-electron chi connectivity index (χ2n) is 6.07. The monoisotopic (exact) mass is 272 g/mol. The molecule has 3 nitrogen and oxygen atoms in total. The summed E-state index contributed by atoms with van der Waals surface area (Å²) < 4.78 is 0. The van der Waals surface area contributed by atoms with Gasteiger partial charge in [0.1, 0.15) is 0 Å². The van der Waals surface area contributed by atoms with Gasteiger partial charge in [0.15, 0.2) is 0 Å². The SMILES string of the molecule is Cc1ccccc1C1CCCN1C(=O)C1CCNCC1. The number of benzene rings is 1. The molecule has 1 atom stereocenters. The molecule has 2 saturated heterocycles. The largest absolute Gasteiger partial charge is 0.335 e. The number of nitrogens with zero attached hydrogens (tertiary/aromatic N) is 1. The fraction of sp³-hybridized carbons (Fsp3) is 0.588. The average molecular weight is 272 g/mol. The Morgan fingerprint density at radius 3 is 2.70 bits per heavy atom. The highest BCUT2D eigenvalue weighted by Gasteiger charge is 2.34. The molecule has 3 heteroatoms. The Morgan fingerprint density at radius 2 is 1.95 bits per heavy atom. The number of rotatable bonds is 2. The van der Waals surface area contributed by atoms with Crippen LogP contribution in [-0.2, 0) is 4.79 Å². The summed E-state index contributed by atoms with van der Waals surface area (Å²) >= 11 is 0. The van der Waals surface area contributed by atoms with Crippen molar-refractivity contribution in [2.45, 2.75) is 38.6 Å². The van der Waals surface area contributed by atoms with Gasteiger partial charge in [-0.3, -0.25) is 4.79 Å². The van der Waals surface area contributed by atoms with Crippen molar-refractivity contribution in [2.75, 3.05) is 19.6 Å². The highest BCUT2D eigenvalue weighted by atomic mass is 16.2. The summed E-state index contributed by atoms with van der Waals surface area (Å²) in [5.41, 5.74) is 2.65. The lowest BCUT2D eigenvalue weighted by Gasteiger charge is -2.31. The highest BCUT2D eigenvalue weighted by Crippen LogP contribution is 2.35. The van der Waals surface area contributed by atoms with E-state index in [9.17, 15) is 4.79 Å². The molecule has 1 aromatic rings. The third-order valence-electron chi connectivity index (χ3n) is 4.77. The summed E-state index contributed by atoms with van der Waals surface area (Å²) in [6, 6.07) is 8.81. The lowest BCUT2D eigenvalue weighted by atomic mass is 9.94. The lowest BCUT2D eigenvalue weighted by molar-refractivity contribution is -0.137. The van der Waals surface area contributed by atoms with E-state index in [-0.39, 0.29) is 5.92 Å². The van der Waals surface area contributed by atoms with E-state index in [1.807, 2.05) is 0 Å². The van der Waals surface area contributed by atoms with E-state index < -0.39 is 0 Å². The molecule has 0 spiro atoms. The van der Waals surface area contributed by atoms with Crippen LogP contribution in [0.25, 0.3) is 0 Å². The fourth-order valence-electron chi connectivity index (χ4n) is 3.62. The molecule has 2 heterocycles. The van der Waals surface area contributed by atoms with E-state index in [4.69, 9.17) is 0 Å². The summed E-state index contributed by atoms with van der Waals surface area (Å²) in [5.74, 6) is 0.623. The van der Waals surface area contributed by atoms with Crippen LogP contribution in [0.1, 0.15) is 42.9 Å². The van der Waals surface area contributed by atoms with Crippen LogP contribution in [0, 0.1) is 12.8 Å². The van der Waals surface area contributed by atoms with Gasteiger partial charge in [-0.15, -0.1) is 0 Å². The number of piperidine rings is 1. The van der Waals surface area contributed by atoms with Crippen LogP contribution in [0.4, 0.5) is 0 Å². The topological polar surface area (TPSA) is 32.3 Å². The van der Waals surface area contributed by atoms with Gasteiger partial charge >= 0.3 is 0 Å². The Bertz CT molecular complexity index is 480. The number of carbonyl (C=O) groups excluding carboxylic acids is 1. The first kappa shape index (κ1) is 13.6. The molecular weight excluding hydrogens is 248 g/mol. The van der Waals surface area contributed by atoms with Crippen molar-refractivity contribution in [1.82, 2.24) is 10.2 Å². The normalized spacial score (nSPS) is 24.1. The molecule has 1 unspecified atom stereocenters. The Morgan fingerprint density at radius 1 is 1.20 bits per heavy atom. The zero-order valence-electron chi connectivity index (χ0n) is 12.3. The third kappa shape index (κ3) is 2.59. The second kappa shape index (κ2) is 5.96. The van der Waals surface area contributed by atoms with Gasteiger partial charge in [-0.1, -0.05) is 24.3 Å². The molecule has 1 amide bonds. The molecule has 1 N–H and O–H groups in total. The van der Waals surface area contributed by atoms with Gasteiger partial charge in [0.05, 0.1) is 6.04 Å². The first-order valence-corrected chi connectivity index (χ1v) is 7.84. The van der Waals surface area contributed by atoms with Crippen molar-refractivity contribution < 1.29 is 4.79 Å². The maximum Gasteiger partial charge on any atom is 0.226 e. The fourth-order valence-corrected chi connectivity index (χ4v) is 3.62. The molecule has 0 bridgehead atoms. The molecule has 0 radical (unpaired) electrons. The van der Waals surface area contributed by atoms with Gasteiger partial charge < -0.3 is 10.2 Å². The minimum atomic E-state index is 0.237. The van der Waals surface area contributed by atoms with Gasteiger partial charge in [-0.25, -0.2) is 0 Å². The van der Waals surface area contributed by atoms with E-state index in [2.05, 4.69) is 41.4 Å². The van der Waals surface area contributed by atoms with E-state index >= 15 is 0 Å². The van der Waals surface area contributed by atoms with Crippen LogP contribution in [0.3, 0.4) is 0 Å². The van der Waals surface area contributed by atoms with Crippen molar-refractivity contribution in [3.63, 3.8) is 0 Å². The first-order valence-electron chi connectivity index (χ1n) is 7.84. The summed E-state index contributed by atoms with van der Waals surface area (Å²) in [4.78, 5) is 14.9. The molecule has 2 aliphatic rings. The standard InChI is InChI=1S/C17H24N2O/c1-13-5-2-3-6-15(13)16-7-4-12-19(16)17(20)14-8-10-18-11-9-14/h2-3,5-6,14,16,18H,4,7-12H2,1H3. The molecular formula is C17H24N2O. The Kier molecular flexibility index (Phi) is 4.06. The van der Waals surface area contributed by atoms with Crippen molar-refractivity contribution in [3.8, 4) is 0 Å². The molecule has 20 heavy (non-hydrogen) atoms. The minimum absolute atomic E-state index is 0.237.